The summed E-state index contributed by atoms with van der Waals surface area (Å²) in [5.41, 5.74) is 7.33. The molecule has 0 saturated heterocycles. The van der Waals surface area contributed by atoms with Crippen molar-refractivity contribution in [3.05, 3.63) is 57.3 Å². The molecule has 0 aliphatic carbocycles. The highest BCUT2D eigenvalue weighted by molar-refractivity contribution is 7.10. The Hall–Kier alpha value is -2.87. The topological polar surface area (TPSA) is 102 Å². The second-order valence-electron chi connectivity index (χ2n) is 6.34. The molecule has 142 valence electrons. The van der Waals surface area contributed by atoms with Crippen molar-refractivity contribution in [1.82, 2.24) is 10.2 Å². The van der Waals surface area contributed by atoms with Gasteiger partial charge in [-0.1, -0.05) is 12.1 Å². The van der Waals surface area contributed by atoms with Gasteiger partial charge < -0.3 is 20.7 Å². The van der Waals surface area contributed by atoms with Crippen LogP contribution in [0, 0.1) is 0 Å². The van der Waals surface area contributed by atoms with Crippen molar-refractivity contribution < 1.29 is 19.1 Å². The second kappa shape index (κ2) is 8.22. The average Bonchev–Trinajstić information content (AvgIpc) is 3.13. The summed E-state index contributed by atoms with van der Waals surface area (Å²) in [5.74, 6) is -0.749. The number of nitrogens with two attached hydrogens (primary N) is 1. The zero-order valence-electron chi connectivity index (χ0n) is 14.9. The number of fused-ring (bicyclic) bond motifs is 1. The first-order valence-corrected chi connectivity index (χ1v) is 9.49. The summed E-state index contributed by atoms with van der Waals surface area (Å²) in [6.45, 7) is 3.06. The zero-order valence-corrected chi connectivity index (χ0v) is 15.8. The predicted octanol–water partition coefficient (Wildman–Crippen LogP) is 2.05. The van der Waals surface area contributed by atoms with Crippen LogP contribution in [-0.4, -0.2) is 35.5 Å². The van der Waals surface area contributed by atoms with Gasteiger partial charge in [-0.25, -0.2) is 9.59 Å². The zero-order chi connectivity index (χ0) is 19.4. The molecule has 0 bridgehead atoms. The van der Waals surface area contributed by atoms with E-state index in [-0.39, 0.29) is 12.5 Å². The van der Waals surface area contributed by atoms with E-state index in [2.05, 4.69) is 5.32 Å². The number of carbonyl (C=O) groups excluding carboxylic acids is 3. The fourth-order valence-electron chi connectivity index (χ4n) is 2.92. The number of amides is 3. The molecule has 1 aromatic carbocycles. The number of primary amides is 1. The first-order chi connectivity index (χ1) is 12.9. The van der Waals surface area contributed by atoms with Crippen molar-refractivity contribution in [1.29, 1.82) is 0 Å². The van der Waals surface area contributed by atoms with E-state index >= 15 is 0 Å². The lowest BCUT2D eigenvalue weighted by Gasteiger charge is -2.29. The van der Waals surface area contributed by atoms with Crippen LogP contribution in [0.1, 0.15) is 33.3 Å². The third-order valence-corrected chi connectivity index (χ3v) is 5.43. The Labute approximate surface area is 161 Å². The number of carbonyl (C=O) groups is 3. The van der Waals surface area contributed by atoms with Gasteiger partial charge in [-0.3, -0.25) is 4.79 Å². The van der Waals surface area contributed by atoms with E-state index in [1.54, 1.807) is 47.4 Å². The highest BCUT2D eigenvalue weighted by atomic mass is 32.1. The first kappa shape index (κ1) is 18.9. The summed E-state index contributed by atoms with van der Waals surface area (Å²) >= 11 is 1.71. The molecule has 2 aromatic rings. The standard InChI is InChI=1S/C19H21N3O4S/c1-12(17(23)22-8-6-16-15(11-22)7-9-27-16)26-18(24)14-4-2-13(3-5-14)10-21-19(20)25/h2-5,7,9,12H,6,8,10-11H2,1H3,(H3,20,21,25). The Bertz CT molecular complexity index is 847. The molecule has 7 nitrogen and oxygen atoms in total. The van der Waals surface area contributed by atoms with Crippen LogP contribution in [0.25, 0.3) is 0 Å². The van der Waals surface area contributed by atoms with Crippen molar-refractivity contribution >= 4 is 29.2 Å². The molecule has 27 heavy (non-hydrogen) atoms. The van der Waals surface area contributed by atoms with Crippen LogP contribution in [0.15, 0.2) is 35.7 Å². The summed E-state index contributed by atoms with van der Waals surface area (Å²) in [5, 5.41) is 4.50. The van der Waals surface area contributed by atoms with Gasteiger partial charge in [-0.2, -0.15) is 0 Å². The fraction of sp³-hybridized carbons (Fsp3) is 0.316. The molecular formula is C19H21N3O4S. The van der Waals surface area contributed by atoms with Gasteiger partial charge in [0.2, 0.25) is 0 Å². The maximum Gasteiger partial charge on any atom is 0.338 e. The molecule has 0 radical (unpaired) electrons. The van der Waals surface area contributed by atoms with Gasteiger partial charge in [0, 0.05) is 24.5 Å². The molecule has 1 unspecified atom stereocenters. The van der Waals surface area contributed by atoms with E-state index in [4.69, 9.17) is 10.5 Å². The molecule has 1 aromatic heterocycles. The molecule has 1 aliphatic heterocycles. The molecule has 3 amide bonds. The van der Waals surface area contributed by atoms with E-state index in [1.807, 2.05) is 11.4 Å². The first-order valence-electron chi connectivity index (χ1n) is 8.61. The van der Waals surface area contributed by atoms with E-state index in [0.717, 1.165) is 12.0 Å². The molecule has 0 fully saturated rings. The minimum absolute atomic E-state index is 0.192. The van der Waals surface area contributed by atoms with Gasteiger partial charge in [0.15, 0.2) is 6.10 Å². The Morgan fingerprint density at radius 1 is 1.26 bits per heavy atom. The Balaban J connectivity index is 1.55. The lowest BCUT2D eigenvalue weighted by Crippen LogP contribution is -2.42. The van der Waals surface area contributed by atoms with E-state index in [9.17, 15) is 14.4 Å². The number of thiophene rings is 1. The van der Waals surface area contributed by atoms with Crippen LogP contribution in [0.5, 0.6) is 0 Å². The number of nitrogens with zero attached hydrogens (tertiary/aromatic N) is 1. The summed E-state index contributed by atoms with van der Waals surface area (Å²) in [6, 6.07) is 8.00. The third kappa shape index (κ3) is 4.65. The number of rotatable bonds is 5. The fourth-order valence-corrected chi connectivity index (χ4v) is 3.81. The third-order valence-electron chi connectivity index (χ3n) is 4.41. The largest absolute Gasteiger partial charge is 0.449 e. The molecular weight excluding hydrogens is 366 g/mol. The van der Waals surface area contributed by atoms with E-state index in [1.165, 1.54) is 10.4 Å². The van der Waals surface area contributed by atoms with Crippen LogP contribution >= 0.6 is 11.3 Å². The van der Waals surface area contributed by atoms with Crippen molar-refractivity contribution in [2.75, 3.05) is 6.54 Å². The summed E-state index contributed by atoms with van der Waals surface area (Å²) in [6.07, 6.45) is -0.0193. The molecule has 1 aliphatic rings. The smallest absolute Gasteiger partial charge is 0.338 e. The molecule has 0 saturated carbocycles. The van der Waals surface area contributed by atoms with Gasteiger partial charge in [0.25, 0.3) is 5.91 Å². The van der Waals surface area contributed by atoms with Crippen molar-refractivity contribution in [3.8, 4) is 0 Å². The van der Waals surface area contributed by atoms with Gasteiger partial charge in [-0.05, 0) is 48.1 Å². The van der Waals surface area contributed by atoms with Crippen LogP contribution in [0.4, 0.5) is 4.79 Å². The Morgan fingerprint density at radius 3 is 2.70 bits per heavy atom. The van der Waals surface area contributed by atoms with Crippen LogP contribution < -0.4 is 11.1 Å². The van der Waals surface area contributed by atoms with Crippen LogP contribution in [0.3, 0.4) is 0 Å². The number of urea groups is 1. The molecule has 3 rings (SSSR count). The average molecular weight is 387 g/mol. The van der Waals surface area contributed by atoms with Gasteiger partial charge in [0.05, 0.1) is 5.56 Å². The summed E-state index contributed by atoms with van der Waals surface area (Å²) in [7, 11) is 0. The maximum atomic E-state index is 12.6. The lowest BCUT2D eigenvalue weighted by molar-refractivity contribution is -0.140. The number of hydrogen-bond acceptors (Lipinski definition) is 5. The van der Waals surface area contributed by atoms with Crippen LogP contribution in [0.2, 0.25) is 0 Å². The van der Waals surface area contributed by atoms with Crippen molar-refractivity contribution in [3.63, 3.8) is 0 Å². The SMILES string of the molecule is CC(OC(=O)c1ccc(CNC(N)=O)cc1)C(=O)N1CCc2sccc2C1. The van der Waals surface area contributed by atoms with Gasteiger partial charge in [-0.15, -0.1) is 11.3 Å². The summed E-state index contributed by atoms with van der Waals surface area (Å²) in [4.78, 5) is 38.7. The quantitative estimate of drug-likeness (QED) is 0.767. The van der Waals surface area contributed by atoms with Gasteiger partial charge >= 0.3 is 12.0 Å². The minimum atomic E-state index is -0.853. The van der Waals surface area contributed by atoms with Crippen molar-refractivity contribution in [2.45, 2.75) is 32.5 Å². The number of nitrogens with one attached hydrogen (secondary N) is 1. The van der Waals surface area contributed by atoms with E-state index in [0.29, 0.717) is 18.7 Å². The lowest BCUT2D eigenvalue weighted by atomic mass is 10.1. The maximum absolute atomic E-state index is 12.6. The Morgan fingerprint density at radius 2 is 2.00 bits per heavy atom. The minimum Gasteiger partial charge on any atom is -0.449 e. The Kier molecular flexibility index (Phi) is 5.75. The monoisotopic (exact) mass is 387 g/mol. The van der Waals surface area contributed by atoms with Crippen molar-refractivity contribution in [2.24, 2.45) is 5.73 Å². The number of ether oxygens (including phenoxy) is 1. The highest BCUT2D eigenvalue weighted by Crippen LogP contribution is 2.24. The molecule has 8 heteroatoms. The molecule has 0 spiro atoms. The molecule has 1 atom stereocenters. The number of esters is 1. The molecule has 3 N–H and O–H groups in total. The van der Waals surface area contributed by atoms with Crippen LogP contribution in [-0.2, 0) is 29.0 Å². The predicted molar refractivity (Wildman–Crippen MR) is 101 cm³/mol. The number of benzene rings is 1. The highest BCUT2D eigenvalue weighted by Gasteiger charge is 2.27. The van der Waals surface area contributed by atoms with E-state index < -0.39 is 18.1 Å². The number of hydrogen-bond donors (Lipinski definition) is 2. The molecule has 2 heterocycles. The normalized spacial score (nSPS) is 14.2. The second-order valence-corrected chi connectivity index (χ2v) is 7.34. The van der Waals surface area contributed by atoms with Gasteiger partial charge in [0.1, 0.15) is 0 Å². The summed E-state index contributed by atoms with van der Waals surface area (Å²) < 4.78 is 5.34.